The van der Waals surface area contributed by atoms with Crippen LogP contribution in [0.5, 0.6) is 0 Å². The number of carbonyl (C=O) groups excluding carboxylic acids is 1. The summed E-state index contributed by atoms with van der Waals surface area (Å²) in [6, 6.07) is 0. The van der Waals surface area contributed by atoms with Gasteiger partial charge in [-0.25, -0.2) is 8.42 Å². The molecular weight excluding hydrogens is 202 g/mol. The van der Waals surface area contributed by atoms with E-state index in [2.05, 4.69) is 0 Å². The predicted octanol–water partition coefficient (Wildman–Crippen LogP) is 1.13. The van der Waals surface area contributed by atoms with E-state index < -0.39 is 15.9 Å². The maximum absolute atomic E-state index is 11.3. The van der Waals surface area contributed by atoms with E-state index in [1.165, 1.54) is 0 Å². The van der Waals surface area contributed by atoms with Gasteiger partial charge in [-0.2, -0.15) is 0 Å². The Morgan fingerprint density at radius 2 is 1.79 bits per heavy atom. The summed E-state index contributed by atoms with van der Waals surface area (Å²) in [7, 11) is -3.42. The van der Waals surface area contributed by atoms with Crippen LogP contribution in [0.4, 0.5) is 0 Å². The first-order chi connectivity index (χ1) is 6.01. The quantitative estimate of drug-likeness (QED) is 0.777. The van der Waals surface area contributed by atoms with Crippen molar-refractivity contribution in [2.24, 2.45) is 11.3 Å². The van der Waals surface area contributed by atoms with Crippen LogP contribution in [0, 0.1) is 11.3 Å². The van der Waals surface area contributed by atoms with Gasteiger partial charge in [0.05, 0.1) is 6.26 Å². The van der Waals surface area contributed by atoms with Crippen molar-refractivity contribution in [3.8, 4) is 0 Å². The van der Waals surface area contributed by atoms with E-state index in [9.17, 15) is 13.2 Å². The highest BCUT2D eigenvalue weighted by Gasteiger charge is 2.22. The third-order valence-corrected chi connectivity index (χ3v) is 2.22. The van der Waals surface area contributed by atoms with Gasteiger partial charge in [0.1, 0.15) is 0 Å². The Morgan fingerprint density at radius 1 is 1.36 bits per heavy atom. The molecule has 1 atom stereocenters. The average Bonchev–Trinajstić information content (AvgIpc) is 1.78. The molecule has 0 saturated heterocycles. The van der Waals surface area contributed by atoms with Gasteiger partial charge in [-0.3, -0.25) is 9.52 Å². The molecule has 0 bridgehead atoms. The Bertz CT molecular complexity index is 301. The number of nitrogens with one attached hydrogen (secondary N) is 1. The lowest BCUT2D eigenvalue weighted by Crippen LogP contribution is -2.35. The van der Waals surface area contributed by atoms with Crippen LogP contribution in [0.2, 0.25) is 0 Å². The van der Waals surface area contributed by atoms with Crippen LogP contribution >= 0.6 is 0 Å². The Labute approximate surface area is 86.1 Å². The molecule has 0 aliphatic heterocycles. The Morgan fingerprint density at radius 3 is 2.07 bits per heavy atom. The highest BCUT2D eigenvalue weighted by atomic mass is 32.2. The molecule has 14 heavy (non-hydrogen) atoms. The molecule has 0 aromatic carbocycles. The number of hydrogen-bond acceptors (Lipinski definition) is 3. The first-order valence-corrected chi connectivity index (χ1v) is 6.42. The monoisotopic (exact) mass is 221 g/mol. The molecule has 84 valence electrons. The van der Waals surface area contributed by atoms with Gasteiger partial charge >= 0.3 is 0 Å². The Kier molecular flexibility index (Phi) is 4.12. The number of rotatable bonds is 3. The summed E-state index contributed by atoms with van der Waals surface area (Å²) in [5, 5.41) is 0. The van der Waals surface area contributed by atoms with Gasteiger partial charge in [-0.1, -0.05) is 27.7 Å². The zero-order valence-electron chi connectivity index (χ0n) is 9.42. The Balaban J connectivity index is 4.29. The van der Waals surface area contributed by atoms with Gasteiger partial charge in [0.15, 0.2) is 0 Å². The van der Waals surface area contributed by atoms with E-state index in [1.54, 1.807) is 6.92 Å². The second-order valence-electron chi connectivity index (χ2n) is 4.90. The minimum absolute atomic E-state index is 0.0221. The van der Waals surface area contributed by atoms with Gasteiger partial charge in [0, 0.05) is 5.92 Å². The molecule has 0 aliphatic carbocycles. The summed E-state index contributed by atoms with van der Waals surface area (Å²) < 4.78 is 23.5. The zero-order valence-corrected chi connectivity index (χ0v) is 10.2. The fraction of sp³-hybridized carbons (Fsp3) is 0.889. The highest BCUT2D eigenvalue weighted by Crippen LogP contribution is 2.24. The van der Waals surface area contributed by atoms with Gasteiger partial charge in [0.25, 0.3) is 0 Å². The Hall–Kier alpha value is -0.580. The number of hydrogen-bond donors (Lipinski definition) is 1. The highest BCUT2D eigenvalue weighted by molar-refractivity contribution is 7.89. The first kappa shape index (κ1) is 13.4. The fourth-order valence-electron chi connectivity index (χ4n) is 1.29. The maximum Gasteiger partial charge on any atom is 0.236 e. The van der Waals surface area contributed by atoms with Gasteiger partial charge in [0.2, 0.25) is 15.9 Å². The van der Waals surface area contributed by atoms with Gasteiger partial charge in [-0.15, -0.1) is 0 Å². The van der Waals surface area contributed by atoms with Crippen molar-refractivity contribution >= 4 is 15.9 Å². The van der Waals surface area contributed by atoms with E-state index in [0.29, 0.717) is 6.42 Å². The van der Waals surface area contributed by atoms with Crippen molar-refractivity contribution in [3.63, 3.8) is 0 Å². The molecule has 0 spiro atoms. The number of carbonyl (C=O) groups is 1. The largest absolute Gasteiger partial charge is 0.274 e. The molecule has 1 unspecified atom stereocenters. The molecule has 0 saturated carbocycles. The van der Waals surface area contributed by atoms with Crippen molar-refractivity contribution in [1.82, 2.24) is 4.72 Å². The van der Waals surface area contributed by atoms with Crippen LogP contribution in [-0.2, 0) is 14.8 Å². The second kappa shape index (κ2) is 4.29. The normalized spacial score (nSPS) is 14.9. The molecule has 5 heteroatoms. The first-order valence-electron chi connectivity index (χ1n) is 4.53. The molecular formula is C9H19NO3S. The topological polar surface area (TPSA) is 63.2 Å². The third-order valence-electron chi connectivity index (χ3n) is 1.65. The predicted molar refractivity (Wildman–Crippen MR) is 56.2 cm³/mol. The summed E-state index contributed by atoms with van der Waals surface area (Å²) in [6.45, 7) is 7.76. The summed E-state index contributed by atoms with van der Waals surface area (Å²) in [5.74, 6) is -0.716. The summed E-state index contributed by atoms with van der Waals surface area (Å²) in [5.41, 5.74) is 0.0221. The summed E-state index contributed by atoms with van der Waals surface area (Å²) >= 11 is 0. The molecule has 0 aliphatic rings. The molecule has 0 fully saturated rings. The van der Waals surface area contributed by atoms with Crippen molar-refractivity contribution in [2.45, 2.75) is 34.1 Å². The SMILES string of the molecule is CC(CC(C)(C)C)C(=O)NS(C)(=O)=O. The lowest BCUT2D eigenvalue weighted by atomic mass is 9.85. The number of amides is 1. The van der Waals surface area contributed by atoms with Crippen molar-refractivity contribution in [3.05, 3.63) is 0 Å². The van der Waals surface area contributed by atoms with E-state index in [0.717, 1.165) is 6.26 Å². The van der Waals surface area contributed by atoms with E-state index >= 15 is 0 Å². The van der Waals surface area contributed by atoms with Crippen LogP contribution in [0.15, 0.2) is 0 Å². The standard InChI is InChI=1S/C9H19NO3S/c1-7(6-9(2,3)4)8(11)10-14(5,12)13/h7H,6H2,1-5H3,(H,10,11). The van der Waals surface area contributed by atoms with E-state index in [-0.39, 0.29) is 11.3 Å². The van der Waals surface area contributed by atoms with Gasteiger partial charge in [-0.05, 0) is 11.8 Å². The van der Waals surface area contributed by atoms with Crippen molar-refractivity contribution in [2.75, 3.05) is 6.26 Å². The lowest BCUT2D eigenvalue weighted by molar-refractivity contribution is -0.123. The molecule has 1 N–H and O–H groups in total. The average molecular weight is 221 g/mol. The van der Waals surface area contributed by atoms with Crippen molar-refractivity contribution < 1.29 is 13.2 Å². The van der Waals surface area contributed by atoms with Crippen LogP contribution in [0.3, 0.4) is 0 Å². The van der Waals surface area contributed by atoms with Crippen LogP contribution < -0.4 is 4.72 Å². The smallest absolute Gasteiger partial charge is 0.236 e. The van der Waals surface area contributed by atoms with Gasteiger partial charge < -0.3 is 0 Å². The molecule has 4 nitrogen and oxygen atoms in total. The zero-order chi connectivity index (χ0) is 11.6. The molecule has 0 rings (SSSR count). The lowest BCUT2D eigenvalue weighted by Gasteiger charge is -2.22. The summed E-state index contributed by atoms with van der Waals surface area (Å²) in [6.07, 6.45) is 1.64. The number of sulfonamides is 1. The molecule has 0 aromatic rings. The summed E-state index contributed by atoms with van der Waals surface area (Å²) in [4.78, 5) is 11.3. The maximum atomic E-state index is 11.3. The van der Waals surface area contributed by atoms with Crippen molar-refractivity contribution in [1.29, 1.82) is 0 Å². The van der Waals surface area contributed by atoms with E-state index in [4.69, 9.17) is 0 Å². The molecule has 1 amide bonds. The van der Waals surface area contributed by atoms with Crippen LogP contribution in [0.25, 0.3) is 0 Å². The van der Waals surface area contributed by atoms with Crippen LogP contribution in [-0.4, -0.2) is 20.6 Å². The molecule has 0 aromatic heterocycles. The minimum atomic E-state index is -3.42. The third kappa shape index (κ3) is 6.88. The molecule has 0 radical (unpaired) electrons. The van der Waals surface area contributed by atoms with Crippen LogP contribution in [0.1, 0.15) is 34.1 Å². The second-order valence-corrected chi connectivity index (χ2v) is 6.65. The minimum Gasteiger partial charge on any atom is -0.274 e. The van der Waals surface area contributed by atoms with E-state index in [1.807, 2.05) is 25.5 Å². The fourth-order valence-corrected chi connectivity index (χ4v) is 1.86. The molecule has 0 heterocycles.